The van der Waals surface area contributed by atoms with E-state index >= 15 is 0 Å². The molecule has 84 valence electrons. The van der Waals surface area contributed by atoms with Crippen molar-refractivity contribution in [3.63, 3.8) is 0 Å². The van der Waals surface area contributed by atoms with Gasteiger partial charge in [-0.1, -0.05) is 0 Å². The third-order valence-electron chi connectivity index (χ3n) is 1.49. The Balaban J connectivity index is 3.00. The highest BCUT2D eigenvalue weighted by molar-refractivity contribution is 5.35. The first kappa shape index (κ1) is 11.4. The van der Waals surface area contributed by atoms with Gasteiger partial charge in [-0.15, -0.1) is 0 Å². The van der Waals surface area contributed by atoms with E-state index in [9.17, 15) is 5.21 Å². The summed E-state index contributed by atoms with van der Waals surface area (Å²) in [6, 6.07) is 0.345. The van der Waals surface area contributed by atoms with Crippen molar-refractivity contribution < 1.29 is 9.94 Å². The maximum Gasteiger partial charge on any atom is 0.322 e. The molecule has 0 aliphatic carbocycles. The van der Waals surface area contributed by atoms with Crippen LogP contribution in [0.4, 0.5) is 11.9 Å². The zero-order valence-corrected chi connectivity index (χ0v) is 9.22. The first-order valence-electron chi connectivity index (χ1n) is 4.52. The van der Waals surface area contributed by atoms with E-state index in [-0.39, 0.29) is 18.0 Å². The van der Waals surface area contributed by atoms with E-state index in [1.165, 1.54) is 14.2 Å². The molecule has 7 heteroatoms. The van der Waals surface area contributed by atoms with Gasteiger partial charge in [0.05, 0.1) is 7.11 Å². The van der Waals surface area contributed by atoms with Gasteiger partial charge in [-0.05, 0) is 13.8 Å². The molecule has 0 aliphatic rings. The van der Waals surface area contributed by atoms with Gasteiger partial charge in [0.25, 0.3) is 5.95 Å². The van der Waals surface area contributed by atoms with Gasteiger partial charge in [-0.25, -0.2) is 5.06 Å². The first-order valence-corrected chi connectivity index (χ1v) is 4.52. The summed E-state index contributed by atoms with van der Waals surface area (Å²) in [6.07, 6.45) is 0. The fraction of sp³-hybridized carbons (Fsp3) is 0.625. The smallest absolute Gasteiger partial charge is 0.322 e. The highest BCUT2D eigenvalue weighted by Gasteiger charge is 2.09. The Kier molecular flexibility index (Phi) is 3.62. The second kappa shape index (κ2) is 4.74. The number of nitrogens with zero attached hydrogens (tertiary/aromatic N) is 4. The zero-order valence-electron chi connectivity index (χ0n) is 9.22. The van der Waals surface area contributed by atoms with Crippen LogP contribution in [0, 0.1) is 0 Å². The molecule has 0 unspecified atom stereocenters. The fourth-order valence-electron chi connectivity index (χ4n) is 0.905. The number of hydroxylamine groups is 1. The van der Waals surface area contributed by atoms with Gasteiger partial charge in [-0.2, -0.15) is 15.0 Å². The lowest BCUT2D eigenvalue weighted by Crippen LogP contribution is -2.18. The third kappa shape index (κ3) is 3.21. The predicted octanol–water partition coefficient (Wildman–Crippen LogP) is 0.526. The molecule has 1 rings (SSSR count). The molecule has 0 radical (unpaired) electrons. The van der Waals surface area contributed by atoms with Gasteiger partial charge in [0.15, 0.2) is 0 Å². The quantitative estimate of drug-likeness (QED) is 0.705. The number of rotatable bonds is 4. The van der Waals surface area contributed by atoms with Crippen molar-refractivity contribution in [2.75, 3.05) is 24.5 Å². The molecule has 7 nitrogen and oxygen atoms in total. The van der Waals surface area contributed by atoms with Crippen LogP contribution in [0.1, 0.15) is 13.8 Å². The maximum absolute atomic E-state index is 9.20. The topological polar surface area (TPSA) is 83.4 Å². The van der Waals surface area contributed by atoms with Gasteiger partial charge in [0.1, 0.15) is 0 Å². The molecule has 0 saturated heterocycles. The second-order valence-corrected chi connectivity index (χ2v) is 3.27. The van der Waals surface area contributed by atoms with Crippen LogP contribution in [0.5, 0.6) is 6.01 Å². The van der Waals surface area contributed by atoms with Crippen molar-refractivity contribution in [1.29, 1.82) is 0 Å². The summed E-state index contributed by atoms with van der Waals surface area (Å²) in [4.78, 5) is 11.8. The monoisotopic (exact) mass is 213 g/mol. The van der Waals surface area contributed by atoms with Gasteiger partial charge < -0.3 is 10.1 Å². The number of ether oxygens (including phenoxy) is 1. The minimum Gasteiger partial charge on any atom is -0.467 e. The standard InChI is InChI=1S/C8H15N5O2/c1-5(2)9-6-10-7(13(3)14)12-8(11-6)15-4/h5,14H,1-4H3,(H,9,10,11,12). The van der Waals surface area contributed by atoms with Crippen LogP contribution in [0.3, 0.4) is 0 Å². The van der Waals surface area contributed by atoms with Crippen LogP contribution in [-0.2, 0) is 0 Å². The van der Waals surface area contributed by atoms with Crippen molar-refractivity contribution in [3.05, 3.63) is 0 Å². The lowest BCUT2D eigenvalue weighted by Gasteiger charge is -2.12. The van der Waals surface area contributed by atoms with Crippen molar-refractivity contribution in [2.24, 2.45) is 0 Å². The number of methoxy groups -OCH3 is 1. The average molecular weight is 213 g/mol. The molecule has 15 heavy (non-hydrogen) atoms. The minimum atomic E-state index is 0.130. The Hall–Kier alpha value is -1.63. The van der Waals surface area contributed by atoms with E-state index in [1.54, 1.807) is 0 Å². The highest BCUT2D eigenvalue weighted by Crippen LogP contribution is 2.12. The maximum atomic E-state index is 9.20. The fourth-order valence-corrected chi connectivity index (χ4v) is 0.905. The van der Waals surface area contributed by atoms with Crippen molar-refractivity contribution >= 4 is 11.9 Å². The minimum absolute atomic E-state index is 0.130. The molecule has 1 heterocycles. The summed E-state index contributed by atoms with van der Waals surface area (Å²) < 4.78 is 4.89. The number of nitrogens with one attached hydrogen (secondary N) is 1. The van der Waals surface area contributed by atoms with Gasteiger partial charge in [0, 0.05) is 13.1 Å². The molecule has 0 fully saturated rings. The Morgan fingerprint density at radius 2 is 2.00 bits per heavy atom. The Labute approximate surface area is 88.1 Å². The number of hydrogen-bond acceptors (Lipinski definition) is 7. The van der Waals surface area contributed by atoms with Crippen LogP contribution >= 0.6 is 0 Å². The van der Waals surface area contributed by atoms with Crippen LogP contribution in [0.15, 0.2) is 0 Å². The molecule has 0 bridgehead atoms. The summed E-state index contributed by atoms with van der Waals surface area (Å²) in [5.74, 6) is 0.498. The van der Waals surface area contributed by atoms with Crippen molar-refractivity contribution in [1.82, 2.24) is 15.0 Å². The van der Waals surface area contributed by atoms with E-state index in [0.717, 1.165) is 5.06 Å². The SMILES string of the molecule is COc1nc(NC(C)C)nc(N(C)O)n1. The van der Waals surface area contributed by atoms with Crippen LogP contribution in [0.2, 0.25) is 0 Å². The van der Waals surface area contributed by atoms with Crippen LogP contribution < -0.4 is 15.1 Å². The predicted molar refractivity (Wildman–Crippen MR) is 55.3 cm³/mol. The zero-order chi connectivity index (χ0) is 11.4. The highest BCUT2D eigenvalue weighted by atomic mass is 16.5. The first-order chi connectivity index (χ1) is 7.02. The van der Waals surface area contributed by atoms with Crippen LogP contribution in [-0.4, -0.2) is 40.4 Å². The van der Waals surface area contributed by atoms with Crippen molar-refractivity contribution in [3.8, 4) is 6.01 Å². The van der Waals surface area contributed by atoms with E-state index in [1.807, 2.05) is 13.8 Å². The molecule has 0 spiro atoms. The normalized spacial score (nSPS) is 10.3. The van der Waals surface area contributed by atoms with E-state index in [2.05, 4.69) is 20.3 Å². The Morgan fingerprint density at radius 3 is 2.47 bits per heavy atom. The molecule has 1 aromatic heterocycles. The number of aromatic nitrogens is 3. The molecule has 1 aromatic rings. The number of hydrogen-bond donors (Lipinski definition) is 2. The van der Waals surface area contributed by atoms with Gasteiger partial charge in [0.2, 0.25) is 5.95 Å². The second-order valence-electron chi connectivity index (χ2n) is 3.27. The summed E-state index contributed by atoms with van der Waals surface area (Å²) in [7, 11) is 2.88. The van der Waals surface area contributed by atoms with E-state index in [4.69, 9.17) is 4.74 Å². The Morgan fingerprint density at radius 1 is 1.33 bits per heavy atom. The van der Waals surface area contributed by atoms with Gasteiger partial charge >= 0.3 is 6.01 Å². The average Bonchev–Trinajstić information content (AvgIpc) is 2.16. The summed E-state index contributed by atoms with van der Waals surface area (Å²) in [5.41, 5.74) is 0. The molecule has 0 aliphatic heterocycles. The summed E-state index contributed by atoms with van der Waals surface area (Å²) in [6.45, 7) is 3.91. The lowest BCUT2D eigenvalue weighted by atomic mass is 10.4. The van der Waals surface area contributed by atoms with Crippen LogP contribution in [0.25, 0.3) is 0 Å². The molecular weight excluding hydrogens is 198 g/mol. The van der Waals surface area contributed by atoms with E-state index in [0.29, 0.717) is 5.95 Å². The number of anilines is 2. The largest absolute Gasteiger partial charge is 0.467 e. The summed E-state index contributed by atoms with van der Waals surface area (Å²) in [5, 5.41) is 13.0. The molecule has 0 amide bonds. The molecule has 2 N–H and O–H groups in total. The molecular formula is C8H15N5O2. The summed E-state index contributed by atoms with van der Waals surface area (Å²) >= 11 is 0. The van der Waals surface area contributed by atoms with E-state index < -0.39 is 0 Å². The molecule has 0 atom stereocenters. The molecule has 0 saturated carbocycles. The Bertz CT molecular complexity index is 329. The van der Waals surface area contributed by atoms with Crippen molar-refractivity contribution in [2.45, 2.75) is 19.9 Å². The molecule has 0 aromatic carbocycles. The lowest BCUT2D eigenvalue weighted by molar-refractivity contribution is 0.269. The van der Waals surface area contributed by atoms with Gasteiger partial charge in [-0.3, -0.25) is 5.21 Å². The third-order valence-corrected chi connectivity index (χ3v) is 1.49.